The first-order valence-electron chi connectivity index (χ1n) is 7.00. The molecule has 2 rings (SSSR count). The monoisotopic (exact) mass is 304 g/mol. The van der Waals surface area contributed by atoms with Crippen LogP contribution in [0.25, 0.3) is 0 Å². The molecule has 0 aliphatic carbocycles. The van der Waals surface area contributed by atoms with E-state index in [-0.39, 0.29) is 5.41 Å². The molecule has 21 heavy (non-hydrogen) atoms. The lowest BCUT2D eigenvalue weighted by Crippen LogP contribution is -2.14. The van der Waals surface area contributed by atoms with Gasteiger partial charge in [0, 0.05) is 5.69 Å². The first kappa shape index (κ1) is 15.8. The van der Waals surface area contributed by atoms with Crippen LogP contribution in [0.4, 0.5) is 0 Å². The second kappa shape index (κ2) is 6.02. The Morgan fingerprint density at radius 2 is 1.81 bits per heavy atom. The van der Waals surface area contributed by atoms with Crippen molar-refractivity contribution in [3.8, 4) is 5.75 Å². The first-order chi connectivity index (χ1) is 9.75. The van der Waals surface area contributed by atoms with Crippen LogP contribution in [0.15, 0.2) is 24.3 Å². The third-order valence-corrected chi connectivity index (χ3v) is 3.36. The molecule has 1 aromatic carbocycles. The van der Waals surface area contributed by atoms with Gasteiger partial charge in [0.05, 0.1) is 0 Å². The fourth-order valence-corrected chi connectivity index (χ4v) is 2.41. The van der Waals surface area contributed by atoms with Gasteiger partial charge in [-0.3, -0.25) is 0 Å². The quantitative estimate of drug-likeness (QED) is 0.776. The number of hydrogen-bond acceptors (Lipinski definition) is 3. The summed E-state index contributed by atoms with van der Waals surface area (Å²) >= 11 is 5.95. The van der Waals surface area contributed by atoms with Crippen LogP contribution in [0.2, 0.25) is 5.15 Å². The summed E-state index contributed by atoms with van der Waals surface area (Å²) in [6.07, 6.45) is 0. The maximum Gasteiger partial charge on any atom is 0.167 e. The SMILES string of the molecule is Cc1ccc(OCc2nc(C)cc(Cl)n2)c(C(C)(C)C)c1. The van der Waals surface area contributed by atoms with Crippen LogP contribution < -0.4 is 4.74 Å². The lowest BCUT2D eigenvalue weighted by molar-refractivity contribution is 0.287. The highest BCUT2D eigenvalue weighted by Gasteiger charge is 2.19. The number of aryl methyl sites for hydroxylation is 2. The van der Waals surface area contributed by atoms with Gasteiger partial charge in [0.1, 0.15) is 17.5 Å². The fraction of sp³-hybridized carbons (Fsp3) is 0.412. The summed E-state index contributed by atoms with van der Waals surface area (Å²) < 4.78 is 5.93. The zero-order valence-electron chi connectivity index (χ0n) is 13.2. The Bertz CT molecular complexity index is 627. The predicted molar refractivity (Wildman–Crippen MR) is 86.0 cm³/mol. The molecule has 0 spiro atoms. The maximum absolute atomic E-state index is 5.95. The lowest BCUT2D eigenvalue weighted by atomic mass is 9.85. The fourth-order valence-electron chi connectivity index (χ4n) is 2.15. The summed E-state index contributed by atoms with van der Waals surface area (Å²) in [4.78, 5) is 8.53. The van der Waals surface area contributed by atoms with E-state index in [1.54, 1.807) is 6.07 Å². The number of aromatic nitrogens is 2. The molecule has 0 bridgehead atoms. The van der Waals surface area contributed by atoms with Crippen LogP contribution >= 0.6 is 11.6 Å². The van der Waals surface area contributed by atoms with E-state index >= 15 is 0 Å². The average Bonchev–Trinajstić information content (AvgIpc) is 2.35. The van der Waals surface area contributed by atoms with Gasteiger partial charge in [-0.1, -0.05) is 50.1 Å². The van der Waals surface area contributed by atoms with Crippen molar-refractivity contribution < 1.29 is 4.74 Å². The Morgan fingerprint density at radius 1 is 1.10 bits per heavy atom. The Kier molecular flexibility index (Phi) is 4.52. The van der Waals surface area contributed by atoms with E-state index in [2.05, 4.69) is 49.8 Å². The number of benzene rings is 1. The molecule has 0 radical (unpaired) electrons. The molecule has 1 aromatic heterocycles. The summed E-state index contributed by atoms with van der Waals surface area (Å²) in [6, 6.07) is 7.96. The van der Waals surface area contributed by atoms with Crippen LogP contribution in [-0.2, 0) is 12.0 Å². The van der Waals surface area contributed by atoms with Crippen molar-refractivity contribution in [3.05, 3.63) is 52.1 Å². The van der Waals surface area contributed by atoms with Crippen LogP contribution in [0.1, 0.15) is 43.4 Å². The van der Waals surface area contributed by atoms with Crippen LogP contribution in [-0.4, -0.2) is 9.97 Å². The maximum atomic E-state index is 5.95. The number of rotatable bonds is 3. The van der Waals surface area contributed by atoms with E-state index in [1.165, 1.54) is 11.1 Å². The van der Waals surface area contributed by atoms with Crippen molar-refractivity contribution in [2.75, 3.05) is 0 Å². The van der Waals surface area contributed by atoms with Gasteiger partial charge in [0.2, 0.25) is 0 Å². The molecule has 0 fully saturated rings. The predicted octanol–water partition coefficient (Wildman–Crippen LogP) is 4.62. The van der Waals surface area contributed by atoms with Crippen LogP contribution in [0, 0.1) is 13.8 Å². The minimum atomic E-state index is 0.0203. The number of halogens is 1. The molecule has 0 unspecified atom stereocenters. The molecule has 0 atom stereocenters. The minimum Gasteiger partial charge on any atom is -0.485 e. The zero-order chi connectivity index (χ0) is 15.6. The molecule has 0 N–H and O–H groups in total. The van der Waals surface area contributed by atoms with Crippen LogP contribution in [0.3, 0.4) is 0 Å². The summed E-state index contributed by atoms with van der Waals surface area (Å²) in [6.45, 7) is 10.8. The molecule has 3 nitrogen and oxygen atoms in total. The largest absolute Gasteiger partial charge is 0.485 e. The van der Waals surface area contributed by atoms with Crippen molar-refractivity contribution >= 4 is 11.6 Å². The third kappa shape index (κ3) is 4.18. The standard InChI is InChI=1S/C17H21ClN2O/c1-11-6-7-14(13(8-11)17(3,4)5)21-10-16-19-12(2)9-15(18)20-16/h6-9H,10H2,1-5H3. The van der Waals surface area contributed by atoms with Crippen molar-refractivity contribution in [2.45, 2.75) is 46.6 Å². The van der Waals surface area contributed by atoms with E-state index < -0.39 is 0 Å². The van der Waals surface area contributed by atoms with Crippen molar-refractivity contribution in [3.63, 3.8) is 0 Å². The van der Waals surface area contributed by atoms with Gasteiger partial charge in [0.25, 0.3) is 0 Å². The van der Waals surface area contributed by atoms with Gasteiger partial charge >= 0.3 is 0 Å². The van der Waals surface area contributed by atoms with Crippen LogP contribution in [0.5, 0.6) is 5.75 Å². The van der Waals surface area contributed by atoms with Gasteiger partial charge in [0.15, 0.2) is 5.82 Å². The third-order valence-electron chi connectivity index (χ3n) is 3.17. The summed E-state index contributed by atoms with van der Waals surface area (Å²) in [5, 5.41) is 0.445. The Morgan fingerprint density at radius 3 is 2.43 bits per heavy atom. The topological polar surface area (TPSA) is 35.0 Å². The minimum absolute atomic E-state index is 0.0203. The van der Waals surface area contributed by atoms with E-state index in [9.17, 15) is 0 Å². The highest BCUT2D eigenvalue weighted by Crippen LogP contribution is 2.32. The number of nitrogens with zero attached hydrogens (tertiary/aromatic N) is 2. The molecule has 1 heterocycles. The molecule has 112 valence electrons. The summed E-state index contributed by atoms with van der Waals surface area (Å²) in [5.41, 5.74) is 3.27. The molecule has 0 saturated heterocycles. The van der Waals surface area contributed by atoms with E-state index in [1.807, 2.05) is 13.0 Å². The highest BCUT2D eigenvalue weighted by atomic mass is 35.5. The van der Waals surface area contributed by atoms with E-state index in [0.29, 0.717) is 17.6 Å². The smallest absolute Gasteiger partial charge is 0.167 e. The average molecular weight is 305 g/mol. The highest BCUT2D eigenvalue weighted by molar-refractivity contribution is 6.29. The van der Waals surface area contributed by atoms with Gasteiger partial charge in [-0.25, -0.2) is 9.97 Å². The molecular weight excluding hydrogens is 284 g/mol. The van der Waals surface area contributed by atoms with Crippen molar-refractivity contribution in [1.82, 2.24) is 9.97 Å². The lowest BCUT2D eigenvalue weighted by Gasteiger charge is -2.23. The molecule has 2 aromatic rings. The first-order valence-corrected chi connectivity index (χ1v) is 7.37. The summed E-state index contributed by atoms with van der Waals surface area (Å²) in [7, 11) is 0. The van der Waals surface area contributed by atoms with Crippen molar-refractivity contribution in [1.29, 1.82) is 0 Å². The van der Waals surface area contributed by atoms with Gasteiger partial charge in [-0.2, -0.15) is 0 Å². The zero-order valence-corrected chi connectivity index (χ0v) is 14.0. The molecule has 0 aliphatic rings. The van der Waals surface area contributed by atoms with Gasteiger partial charge in [-0.05, 0) is 37.0 Å². The normalized spacial score (nSPS) is 11.5. The van der Waals surface area contributed by atoms with Gasteiger partial charge in [-0.15, -0.1) is 0 Å². The number of hydrogen-bond donors (Lipinski definition) is 0. The Labute approximate surface area is 131 Å². The summed E-state index contributed by atoms with van der Waals surface area (Å²) in [5.74, 6) is 1.47. The van der Waals surface area contributed by atoms with E-state index in [4.69, 9.17) is 16.3 Å². The Hall–Kier alpha value is -1.61. The van der Waals surface area contributed by atoms with Crippen molar-refractivity contribution in [2.24, 2.45) is 0 Å². The van der Waals surface area contributed by atoms with E-state index in [0.717, 1.165) is 11.4 Å². The second-order valence-electron chi connectivity index (χ2n) is 6.29. The molecule has 0 amide bonds. The molecule has 4 heteroatoms. The Balaban J connectivity index is 2.24. The molecule has 0 aliphatic heterocycles. The van der Waals surface area contributed by atoms with Gasteiger partial charge < -0.3 is 4.74 Å². The molecule has 0 saturated carbocycles. The number of ether oxygens (including phenoxy) is 1. The molecular formula is C17H21ClN2O. The second-order valence-corrected chi connectivity index (χ2v) is 6.67.